The van der Waals surface area contributed by atoms with Crippen molar-refractivity contribution in [2.24, 2.45) is 16.5 Å². The SMILES string of the molecule is CC(N=C(N)N)c1ccc(C(=O)O)cc1. The van der Waals surface area contributed by atoms with Gasteiger partial charge in [0, 0.05) is 0 Å². The van der Waals surface area contributed by atoms with Gasteiger partial charge in [0.2, 0.25) is 0 Å². The van der Waals surface area contributed by atoms with Crippen LogP contribution in [0.3, 0.4) is 0 Å². The largest absolute Gasteiger partial charge is 0.478 e. The second-order valence-electron chi connectivity index (χ2n) is 3.16. The van der Waals surface area contributed by atoms with Crippen molar-refractivity contribution in [3.05, 3.63) is 35.4 Å². The third kappa shape index (κ3) is 2.98. The number of carboxylic acids is 1. The molecule has 1 rings (SSSR count). The zero-order chi connectivity index (χ0) is 11.4. The molecule has 0 radical (unpaired) electrons. The lowest BCUT2D eigenvalue weighted by atomic mass is 10.1. The third-order valence-electron chi connectivity index (χ3n) is 1.98. The minimum Gasteiger partial charge on any atom is -0.478 e. The van der Waals surface area contributed by atoms with E-state index in [1.165, 1.54) is 12.1 Å². The molecule has 5 N–H and O–H groups in total. The molecule has 5 heteroatoms. The maximum atomic E-state index is 10.6. The quantitative estimate of drug-likeness (QED) is 0.502. The number of hydrogen-bond donors (Lipinski definition) is 3. The zero-order valence-corrected chi connectivity index (χ0v) is 8.34. The number of hydrogen-bond acceptors (Lipinski definition) is 2. The fourth-order valence-corrected chi connectivity index (χ4v) is 1.20. The Hall–Kier alpha value is -2.04. The summed E-state index contributed by atoms with van der Waals surface area (Å²) in [5.74, 6) is -0.930. The number of aliphatic imine (C=N–C) groups is 1. The highest BCUT2D eigenvalue weighted by atomic mass is 16.4. The normalized spacial score (nSPS) is 11.8. The van der Waals surface area contributed by atoms with E-state index in [9.17, 15) is 4.79 Å². The number of nitrogens with zero attached hydrogens (tertiary/aromatic N) is 1. The molecule has 5 nitrogen and oxygen atoms in total. The van der Waals surface area contributed by atoms with Crippen LogP contribution in [0, 0.1) is 0 Å². The number of carbonyl (C=O) groups is 1. The maximum Gasteiger partial charge on any atom is 0.335 e. The molecule has 0 heterocycles. The summed E-state index contributed by atoms with van der Waals surface area (Å²) in [7, 11) is 0. The maximum absolute atomic E-state index is 10.6. The van der Waals surface area contributed by atoms with Crippen molar-refractivity contribution in [3.63, 3.8) is 0 Å². The van der Waals surface area contributed by atoms with Crippen LogP contribution in [0.1, 0.15) is 28.9 Å². The molecule has 0 aromatic heterocycles. The van der Waals surface area contributed by atoms with Crippen LogP contribution >= 0.6 is 0 Å². The average molecular weight is 207 g/mol. The monoisotopic (exact) mass is 207 g/mol. The van der Waals surface area contributed by atoms with Gasteiger partial charge in [-0.05, 0) is 24.6 Å². The van der Waals surface area contributed by atoms with Crippen molar-refractivity contribution >= 4 is 11.9 Å². The van der Waals surface area contributed by atoms with E-state index in [1.807, 2.05) is 6.92 Å². The lowest BCUT2D eigenvalue weighted by molar-refractivity contribution is 0.0697. The number of carboxylic acid groups (broad SMARTS) is 1. The van der Waals surface area contributed by atoms with Gasteiger partial charge in [0.1, 0.15) is 0 Å². The van der Waals surface area contributed by atoms with Crippen LogP contribution in [-0.2, 0) is 0 Å². The zero-order valence-electron chi connectivity index (χ0n) is 8.34. The Labute approximate surface area is 87.4 Å². The molecule has 0 saturated carbocycles. The number of aromatic carboxylic acids is 1. The number of nitrogens with two attached hydrogens (primary N) is 2. The first-order valence-corrected chi connectivity index (χ1v) is 4.42. The minimum absolute atomic E-state index is 0.0183. The lowest BCUT2D eigenvalue weighted by Gasteiger charge is -2.07. The molecule has 80 valence electrons. The fraction of sp³-hybridized carbons (Fsp3) is 0.200. The van der Waals surface area contributed by atoms with Crippen molar-refractivity contribution < 1.29 is 9.90 Å². The van der Waals surface area contributed by atoms with Crippen LogP contribution in [0.4, 0.5) is 0 Å². The first-order chi connectivity index (χ1) is 7.00. The Morgan fingerprint density at radius 2 is 1.87 bits per heavy atom. The molecule has 0 aliphatic heterocycles. The van der Waals surface area contributed by atoms with Crippen LogP contribution in [0.15, 0.2) is 29.3 Å². The van der Waals surface area contributed by atoms with Crippen LogP contribution < -0.4 is 11.5 Å². The highest BCUT2D eigenvalue weighted by Crippen LogP contribution is 2.16. The molecule has 1 unspecified atom stereocenters. The fourth-order valence-electron chi connectivity index (χ4n) is 1.20. The molecule has 1 aromatic rings. The van der Waals surface area contributed by atoms with Gasteiger partial charge in [0.15, 0.2) is 5.96 Å². The van der Waals surface area contributed by atoms with E-state index in [4.69, 9.17) is 16.6 Å². The molecule has 0 fully saturated rings. The summed E-state index contributed by atoms with van der Waals surface area (Å²) in [6.45, 7) is 1.83. The summed E-state index contributed by atoms with van der Waals surface area (Å²) >= 11 is 0. The van der Waals surface area contributed by atoms with Crippen LogP contribution in [0.5, 0.6) is 0 Å². The van der Waals surface area contributed by atoms with Crippen molar-refractivity contribution in [1.82, 2.24) is 0 Å². The summed E-state index contributed by atoms with van der Waals surface area (Å²) in [4.78, 5) is 14.5. The highest BCUT2D eigenvalue weighted by Gasteiger charge is 2.06. The highest BCUT2D eigenvalue weighted by molar-refractivity contribution is 5.87. The molecular formula is C10H13N3O2. The van der Waals surface area contributed by atoms with E-state index >= 15 is 0 Å². The van der Waals surface area contributed by atoms with Gasteiger partial charge in [-0.3, -0.25) is 0 Å². The summed E-state index contributed by atoms with van der Waals surface area (Å²) < 4.78 is 0. The molecule has 1 aromatic carbocycles. The molecule has 0 aliphatic carbocycles. The molecule has 0 saturated heterocycles. The van der Waals surface area contributed by atoms with E-state index in [0.29, 0.717) is 0 Å². The van der Waals surface area contributed by atoms with E-state index in [0.717, 1.165) is 5.56 Å². The Balaban J connectivity index is 2.89. The summed E-state index contributed by atoms with van der Waals surface area (Å²) in [6, 6.07) is 6.27. The van der Waals surface area contributed by atoms with Gasteiger partial charge >= 0.3 is 5.97 Å². The molecule has 0 bridgehead atoms. The van der Waals surface area contributed by atoms with Gasteiger partial charge in [0.25, 0.3) is 0 Å². The van der Waals surface area contributed by atoms with Crippen LogP contribution in [0.2, 0.25) is 0 Å². The lowest BCUT2D eigenvalue weighted by Crippen LogP contribution is -2.23. The van der Waals surface area contributed by atoms with E-state index < -0.39 is 5.97 Å². The van der Waals surface area contributed by atoms with Gasteiger partial charge in [-0.25, -0.2) is 9.79 Å². The third-order valence-corrected chi connectivity index (χ3v) is 1.98. The molecule has 0 spiro atoms. The van der Waals surface area contributed by atoms with Crippen molar-refractivity contribution in [1.29, 1.82) is 0 Å². The Morgan fingerprint density at radius 3 is 2.27 bits per heavy atom. The summed E-state index contributed by atoms with van der Waals surface area (Å²) in [5, 5.41) is 8.69. The second-order valence-corrected chi connectivity index (χ2v) is 3.16. The Kier molecular flexibility index (Phi) is 3.28. The molecule has 1 atom stereocenters. The predicted molar refractivity (Wildman–Crippen MR) is 57.6 cm³/mol. The van der Waals surface area contributed by atoms with Crippen molar-refractivity contribution in [2.45, 2.75) is 13.0 Å². The van der Waals surface area contributed by atoms with Crippen molar-refractivity contribution in [2.75, 3.05) is 0 Å². The van der Waals surface area contributed by atoms with Crippen molar-refractivity contribution in [3.8, 4) is 0 Å². The topological polar surface area (TPSA) is 102 Å². The van der Waals surface area contributed by atoms with Crippen LogP contribution in [-0.4, -0.2) is 17.0 Å². The predicted octanol–water partition coefficient (Wildman–Crippen LogP) is 0.719. The van der Waals surface area contributed by atoms with Gasteiger partial charge in [-0.15, -0.1) is 0 Å². The summed E-state index contributed by atoms with van der Waals surface area (Å²) in [5.41, 5.74) is 11.6. The smallest absolute Gasteiger partial charge is 0.335 e. The number of guanidine groups is 1. The molecule has 0 aliphatic rings. The summed E-state index contributed by atoms with van der Waals surface area (Å²) in [6.07, 6.45) is 0. The standard InChI is InChI=1S/C10H13N3O2/c1-6(13-10(11)12)7-2-4-8(5-3-7)9(14)15/h2-6H,1H3,(H,14,15)(H4,11,12,13). The first-order valence-electron chi connectivity index (χ1n) is 4.42. The van der Waals surface area contributed by atoms with Crippen LogP contribution in [0.25, 0.3) is 0 Å². The first kappa shape index (κ1) is 11.0. The van der Waals surface area contributed by atoms with Gasteiger partial charge in [0.05, 0.1) is 11.6 Å². The molecule has 0 amide bonds. The van der Waals surface area contributed by atoms with Gasteiger partial charge in [-0.1, -0.05) is 12.1 Å². The average Bonchev–Trinajstić information content (AvgIpc) is 2.17. The Morgan fingerprint density at radius 1 is 1.33 bits per heavy atom. The van der Waals surface area contributed by atoms with Gasteiger partial charge < -0.3 is 16.6 Å². The van der Waals surface area contributed by atoms with E-state index in [2.05, 4.69) is 4.99 Å². The van der Waals surface area contributed by atoms with E-state index in [1.54, 1.807) is 12.1 Å². The second kappa shape index (κ2) is 4.45. The van der Waals surface area contributed by atoms with Gasteiger partial charge in [-0.2, -0.15) is 0 Å². The Bertz CT molecular complexity index is 380. The number of benzene rings is 1. The molecule has 15 heavy (non-hydrogen) atoms. The molecular weight excluding hydrogens is 194 g/mol. The minimum atomic E-state index is -0.948. The van der Waals surface area contributed by atoms with E-state index in [-0.39, 0.29) is 17.6 Å². The number of rotatable bonds is 3.